The minimum absolute atomic E-state index is 0.247. The molecule has 1 aliphatic heterocycles. The Labute approximate surface area is 162 Å². The standard InChI is InChI=1S/C20H33N5O2/c1-16-14-25(9-11-27-16)19-12-18(6-7-22-19)13-23-20(21-2)24(3)8-10-26-15-17-4-5-17/h6-7,12,16-17H,4-5,8-11,13-15H2,1-3H3,(H,21,23). The van der Waals surface area contributed by atoms with Crippen molar-refractivity contribution in [1.82, 2.24) is 15.2 Å². The van der Waals surface area contributed by atoms with Gasteiger partial charge in [0.25, 0.3) is 0 Å². The first-order valence-corrected chi connectivity index (χ1v) is 9.96. The molecule has 1 atom stereocenters. The summed E-state index contributed by atoms with van der Waals surface area (Å²) >= 11 is 0. The molecule has 1 aromatic rings. The van der Waals surface area contributed by atoms with Crippen LogP contribution < -0.4 is 10.2 Å². The Balaban J connectivity index is 1.46. The first kappa shape index (κ1) is 19.9. The Hall–Kier alpha value is -1.86. The average Bonchev–Trinajstić information content (AvgIpc) is 3.50. The van der Waals surface area contributed by atoms with E-state index in [-0.39, 0.29) is 6.10 Å². The van der Waals surface area contributed by atoms with E-state index in [0.717, 1.165) is 63.7 Å². The van der Waals surface area contributed by atoms with Gasteiger partial charge >= 0.3 is 0 Å². The van der Waals surface area contributed by atoms with E-state index in [9.17, 15) is 0 Å². The summed E-state index contributed by atoms with van der Waals surface area (Å²) in [6.45, 7) is 7.82. The molecule has 0 amide bonds. The topological polar surface area (TPSA) is 62.2 Å². The van der Waals surface area contributed by atoms with E-state index < -0.39 is 0 Å². The summed E-state index contributed by atoms with van der Waals surface area (Å²) in [4.78, 5) is 13.3. The molecule has 1 aliphatic carbocycles. The maximum absolute atomic E-state index is 5.73. The van der Waals surface area contributed by atoms with Gasteiger partial charge in [0, 0.05) is 53.1 Å². The zero-order chi connectivity index (χ0) is 19.1. The van der Waals surface area contributed by atoms with Gasteiger partial charge in [0.05, 0.1) is 19.3 Å². The minimum Gasteiger partial charge on any atom is -0.379 e. The van der Waals surface area contributed by atoms with E-state index >= 15 is 0 Å². The SMILES string of the molecule is CN=C(NCc1ccnc(N2CCOC(C)C2)c1)N(C)CCOCC1CC1. The number of anilines is 1. The van der Waals surface area contributed by atoms with Gasteiger partial charge in [0.1, 0.15) is 5.82 Å². The van der Waals surface area contributed by atoms with Crippen molar-refractivity contribution in [3.63, 3.8) is 0 Å². The summed E-state index contributed by atoms with van der Waals surface area (Å²) in [6, 6.07) is 4.20. The van der Waals surface area contributed by atoms with Crippen LogP contribution in [0.25, 0.3) is 0 Å². The lowest BCUT2D eigenvalue weighted by molar-refractivity contribution is 0.0529. The van der Waals surface area contributed by atoms with Gasteiger partial charge in [-0.3, -0.25) is 4.99 Å². The first-order valence-electron chi connectivity index (χ1n) is 9.96. The van der Waals surface area contributed by atoms with E-state index in [0.29, 0.717) is 0 Å². The summed E-state index contributed by atoms with van der Waals surface area (Å²) < 4.78 is 11.4. The second-order valence-electron chi connectivity index (χ2n) is 7.49. The third-order valence-electron chi connectivity index (χ3n) is 5.02. The van der Waals surface area contributed by atoms with Gasteiger partial charge in [-0.2, -0.15) is 0 Å². The Kier molecular flexibility index (Phi) is 7.29. The number of nitrogens with zero attached hydrogens (tertiary/aromatic N) is 4. The molecule has 0 spiro atoms. The molecule has 1 saturated heterocycles. The highest BCUT2D eigenvalue weighted by Crippen LogP contribution is 2.28. The molecule has 0 bridgehead atoms. The van der Waals surface area contributed by atoms with Crippen molar-refractivity contribution in [2.24, 2.45) is 10.9 Å². The molecule has 3 rings (SSSR count). The maximum atomic E-state index is 5.73. The van der Waals surface area contributed by atoms with Crippen molar-refractivity contribution in [1.29, 1.82) is 0 Å². The highest BCUT2D eigenvalue weighted by atomic mass is 16.5. The number of guanidine groups is 1. The predicted molar refractivity (Wildman–Crippen MR) is 108 cm³/mol. The first-order chi connectivity index (χ1) is 13.2. The van der Waals surface area contributed by atoms with E-state index in [4.69, 9.17) is 9.47 Å². The number of aliphatic imine (C=N–C) groups is 1. The summed E-state index contributed by atoms with van der Waals surface area (Å²) in [5.41, 5.74) is 1.19. The van der Waals surface area contributed by atoms with Gasteiger partial charge in [0.2, 0.25) is 0 Å². The van der Waals surface area contributed by atoms with Crippen LogP contribution in [0.4, 0.5) is 5.82 Å². The molecule has 1 unspecified atom stereocenters. The van der Waals surface area contributed by atoms with Gasteiger partial charge in [-0.15, -0.1) is 0 Å². The minimum atomic E-state index is 0.247. The van der Waals surface area contributed by atoms with Crippen molar-refractivity contribution in [2.45, 2.75) is 32.4 Å². The number of nitrogens with one attached hydrogen (secondary N) is 1. The van der Waals surface area contributed by atoms with Gasteiger partial charge in [-0.25, -0.2) is 4.98 Å². The number of rotatable bonds is 8. The average molecular weight is 376 g/mol. The Morgan fingerprint density at radius 3 is 3.07 bits per heavy atom. The molecule has 7 nitrogen and oxygen atoms in total. The van der Waals surface area contributed by atoms with Crippen molar-refractivity contribution in [3.8, 4) is 0 Å². The lowest BCUT2D eigenvalue weighted by Gasteiger charge is -2.32. The lowest BCUT2D eigenvalue weighted by atomic mass is 10.2. The highest BCUT2D eigenvalue weighted by Gasteiger charge is 2.21. The molecule has 0 radical (unpaired) electrons. The molecule has 150 valence electrons. The molecular weight excluding hydrogens is 342 g/mol. The van der Waals surface area contributed by atoms with Gasteiger partial charge in [-0.1, -0.05) is 0 Å². The second kappa shape index (κ2) is 9.90. The molecular formula is C20H33N5O2. The van der Waals surface area contributed by atoms with Crippen LogP contribution in [0.1, 0.15) is 25.3 Å². The van der Waals surface area contributed by atoms with Crippen LogP contribution in [0.5, 0.6) is 0 Å². The van der Waals surface area contributed by atoms with Crippen LogP contribution in [-0.2, 0) is 16.0 Å². The van der Waals surface area contributed by atoms with Crippen molar-refractivity contribution < 1.29 is 9.47 Å². The Bertz CT molecular complexity index is 620. The Morgan fingerprint density at radius 1 is 1.48 bits per heavy atom. The largest absolute Gasteiger partial charge is 0.379 e. The summed E-state index contributed by atoms with van der Waals surface area (Å²) in [5, 5.41) is 3.44. The fourth-order valence-corrected chi connectivity index (χ4v) is 3.18. The van der Waals surface area contributed by atoms with Crippen LogP contribution in [0.15, 0.2) is 23.3 Å². The molecule has 2 heterocycles. The number of aromatic nitrogens is 1. The van der Waals surface area contributed by atoms with Crippen molar-refractivity contribution in [2.75, 3.05) is 58.5 Å². The summed E-state index contributed by atoms with van der Waals surface area (Å²) in [6.07, 6.45) is 4.79. The van der Waals surface area contributed by atoms with Crippen LogP contribution in [-0.4, -0.2) is 75.5 Å². The molecule has 0 aromatic carbocycles. The number of ether oxygens (including phenoxy) is 2. The number of hydrogen-bond acceptors (Lipinski definition) is 5. The fraction of sp³-hybridized carbons (Fsp3) is 0.700. The van der Waals surface area contributed by atoms with E-state index in [1.807, 2.05) is 26.4 Å². The van der Waals surface area contributed by atoms with Crippen molar-refractivity contribution in [3.05, 3.63) is 23.9 Å². The molecule has 1 N–H and O–H groups in total. The quantitative estimate of drug-likeness (QED) is 0.424. The summed E-state index contributed by atoms with van der Waals surface area (Å²) in [5.74, 6) is 2.70. The van der Waals surface area contributed by atoms with Crippen molar-refractivity contribution >= 4 is 11.8 Å². The third-order valence-corrected chi connectivity index (χ3v) is 5.02. The normalized spacial score (nSPS) is 20.6. The molecule has 1 saturated carbocycles. The molecule has 27 heavy (non-hydrogen) atoms. The van der Waals surface area contributed by atoms with Crippen LogP contribution in [0.3, 0.4) is 0 Å². The van der Waals surface area contributed by atoms with Gasteiger partial charge < -0.3 is 24.6 Å². The predicted octanol–water partition coefficient (Wildman–Crippen LogP) is 1.74. The summed E-state index contributed by atoms with van der Waals surface area (Å²) in [7, 11) is 3.86. The lowest BCUT2D eigenvalue weighted by Crippen LogP contribution is -2.41. The third kappa shape index (κ3) is 6.36. The Morgan fingerprint density at radius 2 is 2.33 bits per heavy atom. The molecule has 2 aliphatic rings. The van der Waals surface area contributed by atoms with Gasteiger partial charge in [0.15, 0.2) is 5.96 Å². The second-order valence-corrected chi connectivity index (χ2v) is 7.49. The highest BCUT2D eigenvalue weighted by molar-refractivity contribution is 5.79. The monoisotopic (exact) mass is 375 g/mol. The molecule has 7 heteroatoms. The van der Waals surface area contributed by atoms with Crippen LogP contribution in [0, 0.1) is 5.92 Å². The number of hydrogen-bond donors (Lipinski definition) is 1. The number of likely N-dealkylation sites (N-methyl/N-ethyl adjacent to an activating group) is 1. The van der Waals surface area contributed by atoms with E-state index in [1.54, 1.807) is 0 Å². The smallest absolute Gasteiger partial charge is 0.193 e. The van der Waals surface area contributed by atoms with E-state index in [2.05, 4.69) is 38.1 Å². The molecule has 2 fully saturated rings. The maximum Gasteiger partial charge on any atom is 0.193 e. The van der Waals surface area contributed by atoms with Crippen LogP contribution in [0.2, 0.25) is 0 Å². The zero-order valence-corrected chi connectivity index (χ0v) is 16.9. The fourth-order valence-electron chi connectivity index (χ4n) is 3.18. The van der Waals surface area contributed by atoms with Crippen LogP contribution >= 0.6 is 0 Å². The number of pyridine rings is 1. The van der Waals surface area contributed by atoms with E-state index in [1.165, 1.54) is 18.4 Å². The molecule has 1 aromatic heterocycles. The zero-order valence-electron chi connectivity index (χ0n) is 16.9. The number of morpholine rings is 1. The van der Waals surface area contributed by atoms with Gasteiger partial charge in [-0.05, 0) is 43.4 Å².